The van der Waals surface area contributed by atoms with Crippen molar-refractivity contribution in [2.45, 2.75) is 37.3 Å². The first-order valence-electron chi connectivity index (χ1n) is 6.07. The topological polar surface area (TPSA) is 98.5 Å². The van der Waals surface area contributed by atoms with Gasteiger partial charge in [-0.15, -0.1) is 0 Å². The molecular formula is C13H20N2O4S. The number of primary sulfonamides is 1. The van der Waals surface area contributed by atoms with Crippen LogP contribution in [0.25, 0.3) is 0 Å². The second-order valence-corrected chi connectivity index (χ2v) is 6.59. The Morgan fingerprint density at radius 2 is 2.00 bits per heavy atom. The summed E-state index contributed by atoms with van der Waals surface area (Å²) in [6, 6.07) is 5.80. The summed E-state index contributed by atoms with van der Waals surface area (Å²) < 4.78 is 27.7. The summed E-state index contributed by atoms with van der Waals surface area (Å²) in [6.07, 6.45) is 0. The van der Waals surface area contributed by atoms with E-state index in [1.807, 2.05) is 0 Å². The summed E-state index contributed by atoms with van der Waals surface area (Å²) in [5, 5.41) is 7.85. The second-order valence-electron chi connectivity index (χ2n) is 5.03. The number of methoxy groups -OCH3 is 1. The fraction of sp³-hybridized carbons (Fsp3) is 0.462. The molecule has 0 bridgehead atoms. The van der Waals surface area contributed by atoms with Gasteiger partial charge < -0.3 is 10.1 Å². The summed E-state index contributed by atoms with van der Waals surface area (Å²) in [5.41, 5.74) is -0.303. The maximum atomic E-state index is 12.0. The van der Waals surface area contributed by atoms with Crippen LogP contribution in [-0.4, -0.2) is 27.0 Å². The number of nitrogens with one attached hydrogen (secondary N) is 1. The first-order valence-corrected chi connectivity index (χ1v) is 7.61. The number of nitrogens with two attached hydrogens (primary N) is 1. The Labute approximate surface area is 119 Å². The highest BCUT2D eigenvalue weighted by atomic mass is 32.2. The lowest BCUT2D eigenvalue weighted by atomic mass is 10.1. The summed E-state index contributed by atoms with van der Waals surface area (Å²) in [4.78, 5) is 12.0. The van der Waals surface area contributed by atoms with Crippen LogP contribution in [0.5, 0.6) is 0 Å². The zero-order valence-electron chi connectivity index (χ0n) is 12.0. The first kappa shape index (κ1) is 16.6. The molecule has 1 rings (SSSR count). The number of sulfonamides is 1. The van der Waals surface area contributed by atoms with Crippen LogP contribution < -0.4 is 10.5 Å². The highest BCUT2D eigenvalue weighted by molar-refractivity contribution is 7.89. The molecule has 0 aromatic heterocycles. The standard InChI is InChI=1S/C13H20N2O4S/c1-9(15-12(16)13(2,3)19-4)10-6-5-7-11(8-10)20(14,17)18/h5-9H,1-4H3,(H,15,16)(H2,14,17,18). The molecule has 1 atom stereocenters. The van der Waals surface area contributed by atoms with Gasteiger partial charge in [0.15, 0.2) is 0 Å². The molecule has 20 heavy (non-hydrogen) atoms. The van der Waals surface area contributed by atoms with Gasteiger partial charge in [0.1, 0.15) is 5.60 Å². The minimum atomic E-state index is -3.76. The van der Waals surface area contributed by atoms with E-state index >= 15 is 0 Å². The summed E-state index contributed by atoms with van der Waals surface area (Å²) >= 11 is 0. The van der Waals surface area contributed by atoms with Crippen molar-refractivity contribution in [1.82, 2.24) is 5.32 Å². The maximum absolute atomic E-state index is 12.0. The van der Waals surface area contributed by atoms with E-state index < -0.39 is 15.6 Å². The van der Waals surface area contributed by atoms with Crippen LogP contribution in [0.15, 0.2) is 29.2 Å². The van der Waals surface area contributed by atoms with Crippen molar-refractivity contribution in [2.75, 3.05) is 7.11 Å². The fourth-order valence-corrected chi connectivity index (χ4v) is 2.08. The van der Waals surface area contributed by atoms with E-state index in [0.717, 1.165) is 0 Å². The van der Waals surface area contributed by atoms with E-state index in [-0.39, 0.29) is 16.8 Å². The van der Waals surface area contributed by atoms with Crippen LogP contribution in [0.2, 0.25) is 0 Å². The number of hydrogen-bond acceptors (Lipinski definition) is 4. The van der Waals surface area contributed by atoms with Crippen molar-refractivity contribution in [3.63, 3.8) is 0 Å². The largest absolute Gasteiger partial charge is 0.369 e. The number of hydrogen-bond donors (Lipinski definition) is 2. The van der Waals surface area contributed by atoms with Gasteiger partial charge in [-0.25, -0.2) is 13.6 Å². The van der Waals surface area contributed by atoms with Crippen LogP contribution >= 0.6 is 0 Å². The second kappa shape index (κ2) is 5.90. The Morgan fingerprint density at radius 3 is 2.50 bits per heavy atom. The van der Waals surface area contributed by atoms with Gasteiger partial charge in [0.05, 0.1) is 10.9 Å². The molecule has 6 nitrogen and oxygen atoms in total. The molecule has 1 aromatic carbocycles. The van der Waals surface area contributed by atoms with Gasteiger partial charge in [-0.1, -0.05) is 12.1 Å². The average molecular weight is 300 g/mol. The SMILES string of the molecule is COC(C)(C)C(=O)NC(C)c1cccc(S(N)(=O)=O)c1. The number of rotatable bonds is 5. The predicted molar refractivity (Wildman–Crippen MR) is 75.5 cm³/mol. The molecule has 1 unspecified atom stereocenters. The predicted octanol–water partition coefficient (Wildman–Crippen LogP) is 0.936. The molecule has 0 saturated heterocycles. The van der Waals surface area contributed by atoms with Crippen LogP contribution in [0.1, 0.15) is 32.4 Å². The number of carbonyl (C=O) groups is 1. The quantitative estimate of drug-likeness (QED) is 0.845. The molecule has 7 heteroatoms. The Morgan fingerprint density at radius 1 is 1.40 bits per heavy atom. The van der Waals surface area contributed by atoms with E-state index in [9.17, 15) is 13.2 Å². The minimum absolute atomic E-state index is 0.0158. The average Bonchev–Trinajstić information content (AvgIpc) is 2.37. The Kier molecular flexibility index (Phi) is 4.90. The Balaban J connectivity index is 2.94. The smallest absolute Gasteiger partial charge is 0.252 e. The third-order valence-corrected chi connectivity index (χ3v) is 4.00. The molecule has 1 aromatic rings. The van der Waals surface area contributed by atoms with Crippen molar-refractivity contribution < 1.29 is 17.9 Å². The van der Waals surface area contributed by atoms with Crippen LogP contribution in [0.3, 0.4) is 0 Å². The van der Waals surface area contributed by atoms with Gasteiger partial charge in [0, 0.05) is 7.11 Å². The molecule has 0 saturated carbocycles. The fourth-order valence-electron chi connectivity index (χ4n) is 1.51. The Bertz CT molecular complexity index is 596. The highest BCUT2D eigenvalue weighted by Gasteiger charge is 2.28. The summed E-state index contributed by atoms with van der Waals surface area (Å²) in [5.74, 6) is -0.284. The van der Waals surface area contributed by atoms with Gasteiger partial charge >= 0.3 is 0 Å². The number of benzene rings is 1. The summed E-state index contributed by atoms with van der Waals surface area (Å²) in [6.45, 7) is 5.05. The molecule has 112 valence electrons. The van der Waals surface area contributed by atoms with Crippen molar-refractivity contribution >= 4 is 15.9 Å². The number of carbonyl (C=O) groups excluding carboxylic acids is 1. The number of amides is 1. The van der Waals surface area contributed by atoms with E-state index in [4.69, 9.17) is 9.88 Å². The van der Waals surface area contributed by atoms with Crippen LogP contribution in [0.4, 0.5) is 0 Å². The van der Waals surface area contributed by atoms with Gasteiger partial charge in [-0.05, 0) is 38.5 Å². The van der Waals surface area contributed by atoms with E-state index in [2.05, 4.69) is 5.32 Å². The molecule has 3 N–H and O–H groups in total. The van der Waals surface area contributed by atoms with Crippen molar-refractivity contribution in [1.29, 1.82) is 0 Å². The zero-order valence-corrected chi connectivity index (χ0v) is 12.8. The molecule has 0 aliphatic carbocycles. The lowest BCUT2D eigenvalue weighted by Gasteiger charge is -2.24. The Hall–Kier alpha value is -1.44. The highest BCUT2D eigenvalue weighted by Crippen LogP contribution is 2.18. The monoisotopic (exact) mass is 300 g/mol. The molecule has 0 fully saturated rings. The molecule has 0 aliphatic heterocycles. The minimum Gasteiger partial charge on any atom is -0.369 e. The lowest BCUT2D eigenvalue weighted by Crippen LogP contribution is -2.44. The van der Waals surface area contributed by atoms with E-state index in [0.29, 0.717) is 5.56 Å². The number of ether oxygens (including phenoxy) is 1. The van der Waals surface area contributed by atoms with Gasteiger partial charge in [0.25, 0.3) is 5.91 Å². The lowest BCUT2D eigenvalue weighted by molar-refractivity contribution is -0.140. The molecule has 0 spiro atoms. The third kappa shape index (κ3) is 4.03. The van der Waals surface area contributed by atoms with Crippen molar-refractivity contribution in [3.8, 4) is 0 Å². The van der Waals surface area contributed by atoms with Gasteiger partial charge in [-0.3, -0.25) is 4.79 Å². The molecule has 0 aliphatic rings. The van der Waals surface area contributed by atoms with E-state index in [1.54, 1.807) is 32.9 Å². The van der Waals surface area contributed by atoms with Crippen LogP contribution in [-0.2, 0) is 19.6 Å². The van der Waals surface area contributed by atoms with Gasteiger partial charge in [0.2, 0.25) is 10.0 Å². The van der Waals surface area contributed by atoms with E-state index in [1.165, 1.54) is 19.2 Å². The van der Waals surface area contributed by atoms with Gasteiger partial charge in [-0.2, -0.15) is 0 Å². The molecule has 0 heterocycles. The van der Waals surface area contributed by atoms with Crippen molar-refractivity contribution in [2.24, 2.45) is 5.14 Å². The molecule has 1 amide bonds. The third-order valence-electron chi connectivity index (χ3n) is 3.09. The maximum Gasteiger partial charge on any atom is 0.252 e. The van der Waals surface area contributed by atoms with Crippen LogP contribution in [0, 0.1) is 0 Å². The zero-order chi connectivity index (χ0) is 15.6. The summed E-state index contributed by atoms with van der Waals surface area (Å²) in [7, 11) is -2.31. The normalized spacial score (nSPS) is 13.8. The molecule has 0 radical (unpaired) electrons. The first-order chi connectivity index (χ1) is 9.08. The van der Waals surface area contributed by atoms with Crippen molar-refractivity contribution in [3.05, 3.63) is 29.8 Å². The molecular weight excluding hydrogens is 280 g/mol.